The van der Waals surface area contributed by atoms with Gasteiger partial charge in [-0.3, -0.25) is 0 Å². The van der Waals surface area contributed by atoms with Gasteiger partial charge in [0.2, 0.25) is 0 Å². The summed E-state index contributed by atoms with van der Waals surface area (Å²) in [6, 6.07) is 8.99. The van der Waals surface area contributed by atoms with Gasteiger partial charge >= 0.3 is 0 Å². The van der Waals surface area contributed by atoms with E-state index >= 15 is 0 Å². The second-order valence-electron chi connectivity index (χ2n) is 5.04. The van der Waals surface area contributed by atoms with E-state index in [1.807, 2.05) is 12.1 Å². The van der Waals surface area contributed by atoms with Crippen LogP contribution in [0.25, 0.3) is 11.5 Å². The van der Waals surface area contributed by atoms with E-state index in [-0.39, 0.29) is 17.2 Å². The van der Waals surface area contributed by atoms with Gasteiger partial charge in [0.1, 0.15) is 11.6 Å². The van der Waals surface area contributed by atoms with Gasteiger partial charge in [0.25, 0.3) is 5.89 Å². The molecule has 124 valence electrons. The van der Waals surface area contributed by atoms with Crippen LogP contribution in [-0.4, -0.2) is 29.5 Å². The summed E-state index contributed by atoms with van der Waals surface area (Å²) in [5.74, 6) is 1.06. The van der Waals surface area contributed by atoms with Crippen molar-refractivity contribution in [1.82, 2.24) is 10.1 Å². The van der Waals surface area contributed by atoms with Crippen molar-refractivity contribution < 1.29 is 23.5 Å². The zero-order chi connectivity index (χ0) is 17.1. The third-order valence-electron chi connectivity index (χ3n) is 3.47. The zero-order valence-corrected chi connectivity index (χ0v) is 13.1. The van der Waals surface area contributed by atoms with Crippen LogP contribution >= 0.6 is 0 Å². The monoisotopic (exact) mass is 330 g/mol. The minimum absolute atomic E-state index is 0.0578. The first-order valence-corrected chi connectivity index (χ1v) is 7.13. The number of phenols is 1. The average molecular weight is 330 g/mol. The molecule has 0 fully saturated rings. The molecule has 0 bridgehead atoms. The van der Waals surface area contributed by atoms with Gasteiger partial charge in [0, 0.05) is 6.42 Å². The number of phenolic OH excluding ortho intramolecular Hbond substituents is 1. The topological polar surface area (TPSA) is 77.6 Å². The number of ether oxygens (including phenoxy) is 2. The zero-order valence-electron chi connectivity index (χ0n) is 13.1. The Kier molecular flexibility index (Phi) is 4.33. The number of rotatable bonds is 5. The molecule has 0 aliphatic rings. The number of halogens is 1. The molecule has 1 heterocycles. The minimum atomic E-state index is -0.498. The molecule has 0 amide bonds. The molecule has 0 atom stereocenters. The van der Waals surface area contributed by atoms with Gasteiger partial charge in [-0.2, -0.15) is 4.98 Å². The van der Waals surface area contributed by atoms with Crippen molar-refractivity contribution in [2.24, 2.45) is 0 Å². The number of hydrogen-bond acceptors (Lipinski definition) is 6. The Labute approximate surface area is 137 Å². The molecule has 2 aromatic carbocycles. The number of aromatic nitrogens is 2. The molecule has 0 aliphatic heterocycles. The molecule has 0 aliphatic carbocycles. The molecule has 3 rings (SSSR count). The van der Waals surface area contributed by atoms with Gasteiger partial charge in [-0.15, -0.1) is 0 Å². The van der Waals surface area contributed by atoms with Crippen LogP contribution in [-0.2, 0) is 6.42 Å². The fraction of sp³-hybridized carbons (Fsp3) is 0.176. The lowest BCUT2D eigenvalue weighted by atomic mass is 10.1. The van der Waals surface area contributed by atoms with Crippen LogP contribution in [0.2, 0.25) is 0 Å². The van der Waals surface area contributed by atoms with Crippen molar-refractivity contribution in [3.8, 4) is 28.7 Å². The fourth-order valence-corrected chi connectivity index (χ4v) is 2.29. The van der Waals surface area contributed by atoms with Gasteiger partial charge in [-0.1, -0.05) is 11.2 Å². The van der Waals surface area contributed by atoms with Gasteiger partial charge < -0.3 is 19.1 Å². The molecule has 0 radical (unpaired) electrons. The van der Waals surface area contributed by atoms with E-state index in [1.165, 1.54) is 6.07 Å². The summed E-state index contributed by atoms with van der Waals surface area (Å²) in [6.07, 6.45) is 0.389. The van der Waals surface area contributed by atoms with Crippen molar-refractivity contribution in [3.05, 3.63) is 53.6 Å². The molecule has 1 aromatic heterocycles. The highest BCUT2D eigenvalue weighted by molar-refractivity contribution is 5.61. The Bertz CT molecular complexity index is 864. The van der Waals surface area contributed by atoms with E-state index in [1.54, 1.807) is 20.3 Å². The summed E-state index contributed by atoms with van der Waals surface area (Å²) in [5, 5.41) is 13.7. The number of nitrogens with zero attached hydrogens (tertiary/aromatic N) is 2. The van der Waals surface area contributed by atoms with Crippen LogP contribution in [0.15, 0.2) is 40.9 Å². The maximum atomic E-state index is 13.3. The maximum Gasteiger partial charge on any atom is 0.261 e. The molecule has 1 N–H and O–H groups in total. The molecule has 0 saturated carbocycles. The minimum Gasteiger partial charge on any atom is -0.507 e. The largest absolute Gasteiger partial charge is 0.507 e. The van der Waals surface area contributed by atoms with Crippen LogP contribution in [0.4, 0.5) is 4.39 Å². The molecule has 0 unspecified atom stereocenters. The first kappa shape index (κ1) is 15.8. The van der Waals surface area contributed by atoms with E-state index < -0.39 is 5.82 Å². The first-order chi connectivity index (χ1) is 11.6. The quantitative estimate of drug-likeness (QED) is 0.774. The Balaban J connectivity index is 1.85. The maximum absolute atomic E-state index is 13.3. The second-order valence-corrected chi connectivity index (χ2v) is 5.04. The van der Waals surface area contributed by atoms with Crippen LogP contribution in [0.1, 0.15) is 11.4 Å². The SMILES string of the molecule is COc1ccc(Cc2noc(-c3cc(F)ccc3O)n2)cc1OC. The van der Waals surface area contributed by atoms with E-state index in [9.17, 15) is 9.50 Å². The van der Waals surface area contributed by atoms with E-state index in [4.69, 9.17) is 14.0 Å². The highest BCUT2D eigenvalue weighted by Gasteiger charge is 2.15. The highest BCUT2D eigenvalue weighted by atomic mass is 19.1. The fourth-order valence-electron chi connectivity index (χ4n) is 2.29. The third-order valence-corrected chi connectivity index (χ3v) is 3.47. The molecular formula is C17H15FN2O4. The summed E-state index contributed by atoms with van der Waals surface area (Å²) in [7, 11) is 3.12. The second kappa shape index (κ2) is 6.57. The summed E-state index contributed by atoms with van der Waals surface area (Å²) in [5.41, 5.74) is 1.05. The number of benzene rings is 2. The smallest absolute Gasteiger partial charge is 0.261 e. The van der Waals surface area contributed by atoms with Crippen LogP contribution < -0.4 is 9.47 Å². The van der Waals surface area contributed by atoms with Crippen LogP contribution in [0, 0.1) is 5.82 Å². The molecule has 24 heavy (non-hydrogen) atoms. The normalized spacial score (nSPS) is 10.6. The molecular weight excluding hydrogens is 315 g/mol. The summed E-state index contributed by atoms with van der Waals surface area (Å²) >= 11 is 0. The molecule has 0 saturated heterocycles. The van der Waals surface area contributed by atoms with Gasteiger partial charge in [0.05, 0.1) is 19.8 Å². The summed E-state index contributed by atoms with van der Waals surface area (Å²) < 4.78 is 28.9. The van der Waals surface area contributed by atoms with Gasteiger partial charge in [-0.05, 0) is 35.9 Å². The van der Waals surface area contributed by atoms with Crippen molar-refractivity contribution in [1.29, 1.82) is 0 Å². The highest BCUT2D eigenvalue weighted by Crippen LogP contribution is 2.30. The summed E-state index contributed by atoms with van der Waals surface area (Å²) in [4.78, 5) is 4.20. The predicted octanol–water partition coefficient (Wildman–Crippen LogP) is 3.19. The van der Waals surface area contributed by atoms with E-state index in [0.717, 1.165) is 17.7 Å². The Morgan fingerprint density at radius 1 is 1.08 bits per heavy atom. The lowest BCUT2D eigenvalue weighted by Crippen LogP contribution is -1.95. The van der Waals surface area contributed by atoms with Crippen LogP contribution in [0.5, 0.6) is 17.2 Å². The van der Waals surface area contributed by atoms with Crippen molar-refractivity contribution in [3.63, 3.8) is 0 Å². The van der Waals surface area contributed by atoms with E-state index in [0.29, 0.717) is 23.7 Å². The summed E-state index contributed by atoms with van der Waals surface area (Å²) in [6.45, 7) is 0. The molecule has 6 nitrogen and oxygen atoms in total. The Morgan fingerprint density at radius 2 is 1.88 bits per heavy atom. The van der Waals surface area contributed by atoms with E-state index in [2.05, 4.69) is 10.1 Å². The number of hydrogen-bond donors (Lipinski definition) is 1. The lowest BCUT2D eigenvalue weighted by Gasteiger charge is -2.08. The molecule has 0 spiro atoms. The van der Waals surface area contributed by atoms with Crippen molar-refractivity contribution in [2.45, 2.75) is 6.42 Å². The molecule has 3 aromatic rings. The standard InChI is InChI=1S/C17H15FN2O4/c1-22-14-6-3-10(7-15(14)23-2)8-16-19-17(24-20-16)12-9-11(18)4-5-13(12)21/h3-7,9,21H,8H2,1-2H3. The predicted molar refractivity (Wildman–Crippen MR) is 83.7 cm³/mol. The number of aromatic hydroxyl groups is 1. The van der Waals surface area contributed by atoms with Crippen LogP contribution in [0.3, 0.4) is 0 Å². The Hall–Kier alpha value is -3.09. The van der Waals surface area contributed by atoms with Gasteiger partial charge in [-0.25, -0.2) is 4.39 Å². The third kappa shape index (κ3) is 3.15. The molecule has 7 heteroatoms. The number of methoxy groups -OCH3 is 2. The average Bonchev–Trinajstić information content (AvgIpc) is 3.05. The van der Waals surface area contributed by atoms with Crippen molar-refractivity contribution >= 4 is 0 Å². The first-order valence-electron chi connectivity index (χ1n) is 7.13. The van der Waals surface area contributed by atoms with Crippen molar-refractivity contribution in [2.75, 3.05) is 14.2 Å². The Morgan fingerprint density at radius 3 is 2.62 bits per heavy atom. The lowest BCUT2D eigenvalue weighted by molar-refractivity contribution is 0.354. The van der Waals surface area contributed by atoms with Gasteiger partial charge in [0.15, 0.2) is 17.3 Å².